The molecule has 0 amide bonds. The highest BCUT2D eigenvalue weighted by molar-refractivity contribution is 6.23. The van der Waals surface area contributed by atoms with E-state index in [1.54, 1.807) is 0 Å². The molecule has 0 bridgehead atoms. The van der Waals surface area contributed by atoms with Crippen molar-refractivity contribution < 1.29 is 4.42 Å². The molecule has 0 aliphatic carbocycles. The summed E-state index contributed by atoms with van der Waals surface area (Å²) in [6.45, 7) is 0. The van der Waals surface area contributed by atoms with Crippen LogP contribution in [0.4, 0.5) is 0 Å². The molecule has 5 heteroatoms. The molecule has 10 aromatic rings. The molecule has 0 aliphatic rings. The highest BCUT2D eigenvalue weighted by Crippen LogP contribution is 2.40. The Bertz CT molecular complexity index is 2860. The Balaban J connectivity index is 1.31. The van der Waals surface area contributed by atoms with E-state index in [2.05, 4.69) is 108 Å². The van der Waals surface area contributed by atoms with Crippen molar-refractivity contribution in [2.45, 2.75) is 0 Å². The SMILES string of the molecule is c1ccc2cc(-c3nc(-c4cc5ccncc5c5c4ccc4ccccc45)nc(-c4cccc5oc6ccccc6c45)n3)ccc2c1. The van der Waals surface area contributed by atoms with Crippen LogP contribution >= 0.6 is 0 Å². The van der Waals surface area contributed by atoms with Crippen LogP contribution in [-0.4, -0.2) is 19.9 Å². The van der Waals surface area contributed by atoms with Crippen molar-refractivity contribution in [1.29, 1.82) is 0 Å². The van der Waals surface area contributed by atoms with Crippen LogP contribution in [0.25, 0.3) is 99.2 Å². The average Bonchev–Trinajstić information content (AvgIpc) is 3.53. The smallest absolute Gasteiger partial charge is 0.164 e. The predicted octanol–water partition coefficient (Wildman–Crippen LogP) is 10.8. The molecule has 0 saturated carbocycles. The first-order valence-electron chi connectivity index (χ1n) is 15.6. The molecular weight excluding hydrogens is 576 g/mol. The second kappa shape index (κ2) is 10.0. The summed E-state index contributed by atoms with van der Waals surface area (Å²) in [5, 5.41) is 11.1. The molecule has 5 nitrogen and oxygen atoms in total. The van der Waals surface area contributed by atoms with E-state index in [9.17, 15) is 0 Å². The number of furan rings is 1. The fourth-order valence-corrected chi connectivity index (χ4v) is 6.98. The van der Waals surface area contributed by atoms with Gasteiger partial charge in [0.15, 0.2) is 17.5 Å². The van der Waals surface area contributed by atoms with Crippen LogP contribution in [0, 0.1) is 0 Å². The third-order valence-corrected chi connectivity index (χ3v) is 9.17. The minimum atomic E-state index is 0.596. The van der Waals surface area contributed by atoms with Gasteiger partial charge in [0.25, 0.3) is 0 Å². The number of benzene rings is 7. The molecule has 0 spiro atoms. The van der Waals surface area contributed by atoms with E-state index >= 15 is 0 Å². The van der Waals surface area contributed by atoms with E-state index in [4.69, 9.17) is 19.4 Å². The van der Waals surface area contributed by atoms with Gasteiger partial charge in [-0.2, -0.15) is 0 Å². The molecule has 10 rings (SSSR count). The Morgan fingerprint density at radius 2 is 1.13 bits per heavy atom. The molecule has 0 unspecified atom stereocenters. The van der Waals surface area contributed by atoms with Crippen molar-refractivity contribution in [2.24, 2.45) is 0 Å². The van der Waals surface area contributed by atoms with Gasteiger partial charge in [0.1, 0.15) is 11.2 Å². The zero-order valence-corrected chi connectivity index (χ0v) is 25.1. The van der Waals surface area contributed by atoms with Crippen LogP contribution in [0.5, 0.6) is 0 Å². The monoisotopic (exact) mass is 600 g/mol. The van der Waals surface area contributed by atoms with Gasteiger partial charge in [-0.25, -0.2) is 15.0 Å². The summed E-state index contributed by atoms with van der Waals surface area (Å²) in [4.78, 5) is 20.1. The van der Waals surface area contributed by atoms with Gasteiger partial charge < -0.3 is 4.42 Å². The second-order valence-electron chi connectivity index (χ2n) is 11.9. The molecule has 7 aromatic carbocycles. The summed E-state index contributed by atoms with van der Waals surface area (Å²) in [5.74, 6) is 1.82. The van der Waals surface area contributed by atoms with E-state index in [0.29, 0.717) is 17.5 Å². The number of rotatable bonds is 3. The minimum absolute atomic E-state index is 0.596. The van der Waals surface area contributed by atoms with Crippen molar-refractivity contribution in [3.63, 3.8) is 0 Å². The van der Waals surface area contributed by atoms with Gasteiger partial charge in [-0.1, -0.05) is 103 Å². The van der Waals surface area contributed by atoms with Crippen LogP contribution in [0.1, 0.15) is 0 Å². The number of aromatic nitrogens is 4. The second-order valence-corrected chi connectivity index (χ2v) is 11.9. The fraction of sp³-hybridized carbons (Fsp3) is 0. The molecule has 3 heterocycles. The summed E-state index contributed by atoms with van der Waals surface area (Å²) >= 11 is 0. The Hall–Kier alpha value is -6.46. The molecule has 3 aromatic heterocycles. The average molecular weight is 601 g/mol. The predicted molar refractivity (Wildman–Crippen MR) is 191 cm³/mol. The molecule has 0 radical (unpaired) electrons. The van der Waals surface area contributed by atoms with E-state index in [1.807, 2.05) is 42.7 Å². The van der Waals surface area contributed by atoms with Crippen molar-refractivity contribution >= 4 is 65.0 Å². The van der Waals surface area contributed by atoms with E-state index < -0.39 is 0 Å². The summed E-state index contributed by atoms with van der Waals surface area (Å²) in [7, 11) is 0. The molecule has 0 saturated heterocycles. The van der Waals surface area contributed by atoms with Crippen molar-refractivity contribution in [1.82, 2.24) is 19.9 Å². The Morgan fingerprint density at radius 1 is 0.404 bits per heavy atom. The first-order chi connectivity index (χ1) is 23.3. The molecule has 0 atom stereocenters. The number of pyridine rings is 1. The fourth-order valence-electron chi connectivity index (χ4n) is 6.98. The highest BCUT2D eigenvalue weighted by atomic mass is 16.3. The van der Waals surface area contributed by atoms with Gasteiger partial charge in [0.2, 0.25) is 0 Å². The zero-order valence-electron chi connectivity index (χ0n) is 25.1. The topological polar surface area (TPSA) is 64.7 Å². The molecule has 218 valence electrons. The summed E-state index contributed by atoms with van der Waals surface area (Å²) in [6, 6.07) is 46.0. The van der Waals surface area contributed by atoms with Crippen LogP contribution in [-0.2, 0) is 0 Å². The zero-order chi connectivity index (χ0) is 30.9. The van der Waals surface area contributed by atoms with E-state index in [-0.39, 0.29) is 0 Å². The lowest BCUT2D eigenvalue weighted by molar-refractivity contribution is 0.669. The lowest BCUT2D eigenvalue weighted by Crippen LogP contribution is -2.01. The Kier molecular flexibility index (Phi) is 5.51. The third kappa shape index (κ3) is 4.03. The van der Waals surface area contributed by atoms with Crippen LogP contribution in [0.3, 0.4) is 0 Å². The lowest BCUT2D eigenvalue weighted by atomic mass is 9.93. The normalized spacial score (nSPS) is 11.8. The number of nitrogens with zero attached hydrogens (tertiary/aromatic N) is 4. The first kappa shape index (κ1) is 25.8. The van der Waals surface area contributed by atoms with Gasteiger partial charge in [-0.05, 0) is 68.0 Å². The number of fused-ring (bicyclic) bond motifs is 9. The summed E-state index contributed by atoms with van der Waals surface area (Å²) in [6.07, 6.45) is 3.80. The quantitative estimate of drug-likeness (QED) is 0.189. The van der Waals surface area contributed by atoms with Crippen LogP contribution < -0.4 is 0 Å². The first-order valence-corrected chi connectivity index (χ1v) is 15.6. The molecule has 0 N–H and O–H groups in total. The molecule has 47 heavy (non-hydrogen) atoms. The molecular formula is C42H24N4O. The van der Waals surface area contributed by atoms with Crippen LogP contribution in [0.15, 0.2) is 150 Å². The van der Waals surface area contributed by atoms with Crippen LogP contribution in [0.2, 0.25) is 0 Å². The van der Waals surface area contributed by atoms with Gasteiger partial charge in [0, 0.05) is 45.2 Å². The maximum absolute atomic E-state index is 6.26. The van der Waals surface area contributed by atoms with Gasteiger partial charge in [-0.3, -0.25) is 4.98 Å². The van der Waals surface area contributed by atoms with Crippen molar-refractivity contribution in [2.75, 3.05) is 0 Å². The summed E-state index contributed by atoms with van der Waals surface area (Å²) < 4.78 is 6.26. The van der Waals surface area contributed by atoms with Gasteiger partial charge >= 0.3 is 0 Å². The number of para-hydroxylation sites is 1. The largest absolute Gasteiger partial charge is 0.456 e. The van der Waals surface area contributed by atoms with E-state index in [0.717, 1.165) is 65.6 Å². The van der Waals surface area contributed by atoms with Gasteiger partial charge in [-0.15, -0.1) is 0 Å². The number of hydrogen-bond acceptors (Lipinski definition) is 5. The van der Waals surface area contributed by atoms with Crippen molar-refractivity contribution in [3.05, 3.63) is 146 Å². The molecule has 0 fully saturated rings. The van der Waals surface area contributed by atoms with Crippen molar-refractivity contribution in [3.8, 4) is 34.2 Å². The Labute approximate surface area is 268 Å². The lowest BCUT2D eigenvalue weighted by Gasteiger charge is -2.14. The third-order valence-electron chi connectivity index (χ3n) is 9.17. The maximum atomic E-state index is 6.26. The summed E-state index contributed by atoms with van der Waals surface area (Å²) in [5.41, 5.74) is 4.41. The van der Waals surface area contributed by atoms with Gasteiger partial charge in [0.05, 0.1) is 0 Å². The van der Waals surface area contributed by atoms with E-state index in [1.165, 1.54) is 16.2 Å². The molecule has 0 aliphatic heterocycles. The maximum Gasteiger partial charge on any atom is 0.164 e. The Morgan fingerprint density at radius 3 is 2.04 bits per heavy atom. The highest BCUT2D eigenvalue weighted by Gasteiger charge is 2.20. The standard InChI is InChI=1S/C42H24N4O/c1-2-10-27-22-29(17-16-25(27)8-1)40-44-41(33-13-7-15-37-39(33)32-12-5-6-14-36(32)47-37)46-42(45-40)34-23-28-20-21-43-24-35(28)38-30-11-4-3-9-26(30)18-19-31(34)38/h1-24H. The number of hydrogen-bond donors (Lipinski definition) is 0. The minimum Gasteiger partial charge on any atom is -0.456 e.